The summed E-state index contributed by atoms with van der Waals surface area (Å²) in [6.07, 6.45) is -3.55. The molecule has 0 aromatic heterocycles. The van der Waals surface area contributed by atoms with Crippen LogP contribution in [0, 0.1) is 0 Å². The standard InChI is InChI=1S/C29H21ClF3NO/c30-24-17-10-18-25(19-24)34-26(21-11-4-1-5-12-21)20-28(35-34,29(31,32)33)27(22-13-6-2-7-14-22)23-15-8-3-9-16-23/h1-20,27H. The van der Waals surface area contributed by atoms with E-state index in [1.807, 2.05) is 6.07 Å². The van der Waals surface area contributed by atoms with E-state index < -0.39 is 17.7 Å². The summed E-state index contributed by atoms with van der Waals surface area (Å²) >= 11 is 6.21. The van der Waals surface area contributed by atoms with E-state index in [9.17, 15) is 0 Å². The lowest BCUT2D eigenvalue weighted by molar-refractivity contribution is -0.257. The SMILES string of the molecule is FC(F)(F)C1(C(c2ccccc2)c2ccccc2)C=C(c2ccccc2)N(c2cccc(Cl)c2)O1. The molecular formula is C29H21ClF3NO. The van der Waals surface area contributed by atoms with Crippen molar-refractivity contribution in [3.8, 4) is 0 Å². The third-order valence-corrected chi connectivity index (χ3v) is 6.30. The van der Waals surface area contributed by atoms with E-state index in [0.29, 0.717) is 33.1 Å². The molecule has 35 heavy (non-hydrogen) atoms. The van der Waals surface area contributed by atoms with Gasteiger partial charge in [-0.05, 0) is 35.4 Å². The highest BCUT2D eigenvalue weighted by atomic mass is 35.5. The van der Waals surface area contributed by atoms with Crippen LogP contribution in [-0.4, -0.2) is 11.8 Å². The van der Waals surface area contributed by atoms with Gasteiger partial charge >= 0.3 is 6.18 Å². The second-order valence-electron chi connectivity index (χ2n) is 8.31. The van der Waals surface area contributed by atoms with Gasteiger partial charge in [0.2, 0.25) is 5.60 Å². The first-order valence-corrected chi connectivity index (χ1v) is 11.5. The maximum atomic E-state index is 15.3. The fourth-order valence-corrected chi connectivity index (χ4v) is 4.69. The quantitative estimate of drug-likeness (QED) is 0.278. The average Bonchev–Trinajstić information content (AvgIpc) is 3.28. The predicted octanol–water partition coefficient (Wildman–Crippen LogP) is 8.27. The monoisotopic (exact) mass is 491 g/mol. The van der Waals surface area contributed by atoms with Crippen LogP contribution in [0.5, 0.6) is 0 Å². The molecule has 0 radical (unpaired) electrons. The fraction of sp³-hybridized carbons (Fsp3) is 0.103. The van der Waals surface area contributed by atoms with Gasteiger partial charge in [-0.15, -0.1) is 0 Å². The molecule has 1 aliphatic rings. The molecule has 0 aliphatic carbocycles. The van der Waals surface area contributed by atoms with Crippen molar-refractivity contribution in [3.63, 3.8) is 0 Å². The van der Waals surface area contributed by atoms with E-state index in [1.54, 1.807) is 109 Å². The van der Waals surface area contributed by atoms with E-state index in [1.165, 1.54) is 11.1 Å². The van der Waals surface area contributed by atoms with E-state index >= 15 is 13.2 Å². The molecule has 5 rings (SSSR count). The number of nitrogens with zero attached hydrogens (tertiary/aromatic N) is 1. The molecule has 0 bridgehead atoms. The topological polar surface area (TPSA) is 12.5 Å². The third kappa shape index (κ3) is 4.33. The van der Waals surface area contributed by atoms with Gasteiger partial charge in [0, 0.05) is 10.6 Å². The van der Waals surface area contributed by atoms with Crippen molar-refractivity contribution in [2.45, 2.75) is 17.7 Å². The summed E-state index contributed by atoms with van der Waals surface area (Å²) in [5, 5.41) is 1.64. The number of hydroxylamine groups is 1. The number of benzene rings is 4. The molecule has 1 atom stereocenters. The molecule has 1 unspecified atom stereocenters. The van der Waals surface area contributed by atoms with E-state index in [4.69, 9.17) is 16.4 Å². The molecule has 4 aromatic rings. The highest BCUT2D eigenvalue weighted by Crippen LogP contribution is 2.54. The molecule has 6 heteroatoms. The smallest absolute Gasteiger partial charge is 0.247 e. The van der Waals surface area contributed by atoms with Gasteiger partial charge in [-0.1, -0.05) is 109 Å². The zero-order valence-corrected chi connectivity index (χ0v) is 19.2. The minimum Gasteiger partial charge on any atom is -0.247 e. The Morgan fingerprint density at radius 2 is 1.26 bits per heavy atom. The van der Waals surface area contributed by atoms with Crippen LogP contribution >= 0.6 is 11.6 Å². The lowest BCUT2D eigenvalue weighted by Crippen LogP contribution is -2.51. The molecule has 1 heterocycles. The molecular weight excluding hydrogens is 471 g/mol. The molecule has 0 spiro atoms. The summed E-state index contributed by atoms with van der Waals surface area (Å²) in [7, 11) is 0. The number of anilines is 1. The highest BCUT2D eigenvalue weighted by molar-refractivity contribution is 6.30. The Balaban J connectivity index is 1.78. The number of rotatable bonds is 5. The van der Waals surface area contributed by atoms with Gasteiger partial charge in [-0.2, -0.15) is 13.2 Å². The van der Waals surface area contributed by atoms with Crippen LogP contribution in [0.15, 0.2) is 121 Å². The zero-order valence-electron chi connectivity index (χ0n) is 18.5. The largest absolute Gasteiger partial charge is 0.424 e. The molecule has 4 aromatic carbocycles. The van der Waals surface area contributed by atoms with Crippen molar-refractivity contribution in [2.75, 3.05) is 5.06 Å². The summed E-state index contributed by atoms with van der Waals surface area (Å²) < 4.78 is 45.8. The van der Waals surface area contributed by atoms with Gasteiger partial charge in [-0.3, -0.25) is 0 Å². The van der Waals surface area contributed by atoms with Gasteiger partial charge in [0.1, 0.15) is 0 Å². The van der Waals surface area contributed by atoms with Crippen LogP contribution in [0.25, 0.3) is 5.70 Å². The third-order valence-electron chi connectivity index (χ3n) is 6.06. The Morgan fingerprint density at radius 3 is 1.77 bits per heavy atom. The van der Waals surface area contributed by atoms with Crippen molar-refractivity contribution in [1.29, 1.82) is 0 Å². The van der Waals surface area contributed by atoms with Crippen LogP contribution in [0.1, 0.15) is 22.6 Å². The Morgan fingerprint density at radius 1 is 0.714 bits per heavy atom. The van der Waals surface area contributed by atoms with Gasteiger partial charge < -0.3 is 0 Å². The van der Waals surface area contributed by atoms with Gasteiger partial charge in [0.05, 0.1) is 17.3 Å². The summed E-state index contributed by atoms with van der Waals surface area (Å²) in [5.74, 6) is -1.16. The molecule has 176 valence electrons. The lowest BCUT2D eigenvalue weighted by Gasteiger charge is -2.38. The Kier molecular flexibility index (Phi) is 6.13. The molecule has 0 fully saturated rings. The van der Waals surface area contributed by atoms with Crippen molar-refractivity contribution in [1.82, 2.24) is 0 Å². The van der Waals surface area contributed by atoms with E-state index in [2.05, 4.69) is 0 Å². The summed E-state index contributed by atoms with van der Waals surface area (Å²) in [4.78, 5) is 6.05. The van der Waals surface area contributed by atoms with Crippen molar-refractivity contribution < 1.29 is 18.0 Å². The fourth-order valence-electron chi connectivity index (χ4n) is 4.50. The van der Waals surface area contributed by atoms with E-state index in [0.717, 1.165) is 0 Å². The van der Waals surface area contributed by atoms with Gasteiger partial charge in [-0.25, -0.2) is 9.90 Å². The van der Waals surface area contributed by atoms with Gasteiger partial charge in [0.25, 0.3) is 0 Å². The predicted molar refractivity (Wildman–Crippen MR) is 133 cm³/mol. The number of halogens is 4. The Bertz CT molecular complexity index is 1290. The maximum absolute atomic E-state index is 15.3. The van der Waals surface area contributed by atoms with Crippen molar-refractivity contribution >= 4 is 23.0 Å². The van der Waals surface area contributed by atoms with Crippen LogP contribution in [-0.2, 0) is 4.84 Å². The first-order valence-electron chi connectivity index (χ1n) is 11.1. The van der Waals surface area contributed by atoms with Crippen LogP contribution in [0.4, 0.5) is 18.9 Å². The Hall–Kier alpha value is -3.54. The Labute approximate surface area is 206 Å². The molecule has 0 N–H and O–H groups in total. The molecule has 0 amide bonds. The first-order chi connectivity index (χ1) is 16.9. The second kappa shape index (κ2) is 9.25. The minimum atomic E-state index is -4.75. The van der Waals surface area contributed by atoms with Crippen molar-refractivity contribution in [2.24, 2.45) is 0 Å². The number of hydrogen-bond donors (Lipinski definition) is 0. The van der Waals surface area contributed by atoms with Crippen LogP contribution in [0.2, 0.25) is 5.02 Å². The molecule has 1 aliphatic heterocycles. The highest BCUT2D eigenvalue weighted by Gasteiger charge is 2.65. The molecule has 2 nitrogen and oxygen atoms in total. The minimum absolute atomic E-state index is 0.294. The summed E-state index contributed by atoms with van der Waals surface area (Å²) in [5.41, 5.74) is -0.400. The van der Waals surface area contributed by atoms with Crippen LogP contribution < -0.4 is 5.06 Å². The summed E-state index contributed by atoms with van der Waals surface area (Å²) in [6.45, 7) is 0. The van der Waals surface area contributed by atoms with E-state index in [-0.39, 0.29) is 0 Å². The molecule has 0 saturated carbocycles. The zero-order chi connectivity index (χ0) is 24.5. The normalized spacial score (nSPS) is 18.1. The lowest BCUT2D eigenvalue weighted by atomic mass is 9.76. The van der Waals surface area contributed by atoms with Crippen LogP contribution in [0.3, 0.4) is 0 Å². The first kappa shape index (κ1) is 23.2. The summed E-state index contributed by atoms with van der Waals surface area (Å²) in [6, 6.07) is 32.8. The average molecular weight is 492 g/mol. The number of hydrogen-bond acceptors (Lipinski definition) is 2. The van der Waals surface area contributed by atoms with Gasteiger partial charge in [0.15, 0.2) is 0 Å². The molecule has 0 saturated heterocycles. The second-order valence-corrected chi connectivity index (χ2v) is 8.74. The maximum Gasteiger partial charge on any atom is 0.424 e. The van der Waals surface area contributed by atoms with Crippen molar-refractivity contribution in [3.05, 3.63) is 143 Å². The number of alkyl halides is 3.